The van der Waals surface area contributed by atoms with Gasteiger partial charge in [-0.15, -0.1) is 0 Å². The first-order valence-electron chi connectivity index (χ1n) is 6.80. The van der Waals surface area contributed by atoms with E-state index in [2.05, 4.69) is 25.9 Å². The monoisotopic (exact) mass is 338 g/mol. The fourth-order valence-electron chi connectivity index (χ4n) is 1.75. The molecule has 0 unspecified atom stereocenters. The van der Waals surface area contributed by atoms with Gasteiger partial charge in [-0.1, -0.05) is 11.6 Å². The molecule has 0 saturated carbocycles. The quantitative estimate of drug-likeness (QED) is 0.670. The first-order valence-corrected chi connectivity index (χ1v) is 7.18. The van der Waals surface area contributed by atoms with Gasteiger partial charge in [0.1, 0.15) is 11.6 Å². The fourth-order valence-corrected chi connectivity index (χ4v) is 1.93. The van der Waals surface area contributed by atoms with Crippen LogP contribution in [0.5, 0.6) is 0 Å². The molecule has 0 spiro atoms. The molecule has 0 aliphatic rings. The molecule has 7 nitrogen and oxygen atoms in total. The SMILES string of the molecule is Cc1cc(NCCN)nc(NC(=O)Nc2ccc(F)c(Cl)c2)n1. The van der Waals surface area contributed by atoms with Crippen LogP contribution in [0.25, 0.3) is 0 Å². The van der Waals surface area contributed by atoms with E-state index >= 15 is 0 Å². The molecular weight excluding hydrogens is 323 g/mol. The van der Waals surface area contributed by atoms with Crippen molar-refractivity contribution >= 4 is 35.1 Å². The van der Waals surface area contributed by atoms with Crippen molar-refractivity contribution in [3.8, 4) is 0 Å². The number of hydrogen-bond donors (Lipinski definition) is 4. The Morgan fingerprint density at radius 3 is 2.78 bits per heavy atom. The molecule has 23 heavy (non-hydrogen) atoms. The largest absolute Gasteiger partial charge is 0.369 e. The van der Waals surface area contributed by atoms with Crippen LogP contribution in [0.15, 0.2) is 24.3 Å². The molecule has 0 radical (unpaired) electrons. The maximum Gasteiger partial charge on any atom is 0.326 e. The number of hydrogen-bond acceptors (Lipinski definition) is 5. The average Bonchev–Trinajstić information content (AvgIpc) is 2.48. The van der Waals surface area contributed by atoms with Crippen molar-refractivity contribution in [2.45, 2.75) is 6.92 Å². The topological polar surface area (TPSA) is 105 Å². The number of benzene rings is 1. The van der Waals surface area contributed by atoms with Crippen molar-refractivity contribution in [3.63, 3.8) is 0 Å². The highest BCUT2D eigenvalue weighted by Crippen LogP contribution is 2.19. The Morgan fingerprint density at radius 2 is 2.09 bits per heavy atom. The van der Waals surface area contributed by atoms with E-state index in [9.17, 15) is 9.18 Å². The van der Waals surface area contributed by atoms with Crippen molar-refractivity contribution in [2.75, 3.05) is 29.0 Å². The number of nitrogens with zero attached hydrogens (tertiary/aromatic N) is 2. The Bertz CT molecular complexity index is 712. The summed E-state index contributed by atoms with van der Waals surface area (Å²) >= 11 is 5.66. The summed E-state index contributed by atoms with van der Waals surface area (Å²) in [5, 5.41) is 7.95. The Balaban J connectivity index is 2.04. The summed E-state index contributed by atoms with van der Waals surface area (Å²) in [6.07, 6.45) is 0. The van der Waals surface area contributed by atoms with E-state index in [4.69, 9.17) is 17.3 Å². The summed E-state index contributed by atoms with van der Waals surface area (Å²) in [7, 11) is 0. The van der Waals surface area contributed by atoms with E-state index in [1.165, 1.54) is 12.1 Å². The minimum atomic E-state index is -0.567. The standard InChI is InChI=1S/C14H16ClFN6O/c1-8-6-12(18-5-4-17)21-13(19-8)22-14(23)20-9-2-3-11(16)10(15)7-9/h2-3,6-7H,4-5,17H2,1H3,(H3,18,19,20,21,22,23). The Kier molecular flexibility index (Phi) is 5.67. The van der Waals surface area contributed by atoms with Crippen molar-refractivity contribution in [2.24, 2.45) is 5.73 Å². The van der Waals surface area contributed by atoms with Gasteiger partial charge < -0.3 is 16.4 Å². The van der Waals surface area contributed by atoms with Crippen molar-refractivity contribution < 1.29 is 9.18 Å². The minimum absolute atomic E-state index is 0.0807. The van der Waals surface area contributed by atoms with Gasteiger partial charge >= 0.3 is 6.03 Å². The number of carbonyl (C=O) groups is 1. The summed E-state index contributed by atoms with van der Waals surface area (Å²) in [6.45, 7) is 2.78. The number of aryl methyl sites for hydroxylation is 1. The highest BCUT2D eigenvalue weighted by Gasteiger charge is 2.08. The number of aromatic nitrogens is 2. The van der Waals surface area contributed by atoms with Gasteiger partial charge in [0, 0.05) is 30.5 Å². The van der Waals surface area contributed by atoms with Crippen LogP contribution >= 0.6 is 11.6 Å². The molecule has 1 heterocycles. The molecule has 0 atom stereocenters. The van der Waals surface area contributed by atoms with Crippen LogP contribution in [0.1, 0.15) is 5.69 Å². The molecule has 122 valence electrons. The van der Waals surface area contributed by atoms with E-state index in [0.717, 1.165) is 6.07 Å². The second kappa shape index (κ2) is 7.70. The molecule has 0 aliphatic carbocycles. The molecular formula is C14H16ClFN6O. The third-order valence-electron chi connectivity index (χ3n) is 2.71. The summed E-state index contributed by atoms with van der Waals surface area (Å²) in [5.41, 5.74) is 6.45. The molecule has 2 aromatic rings. The zero-order chi connectivity index (χ0) is 16.8. The zero-order valence-electron chi connectivity index (χ0n) is 12.4. The summed E-state index contributed by atoms with van der Waals surface area (Å²) < 4.78 is 13.1. The van der Waals surface area contributed by atoms with Gasteiger partial charge in [-0.2, -0.15) is 4.98 Å². The lowest BCUT2D eigenvalue weighted by molar-refractivity contribution is 0.262. The lowest BCUT2D eigenvalue weighted by Gasteiger charge is -2.10. The van der Waals surface area contributed by atoms with Gasteiger partial charge in [0.2, 0.25) is 5.95 Å². The predicted molar refractivity (Wildman–Crippen MR) is 88.4 cm³/mol. The summed E-state index contributed by atoms with van der Waals surface area (Å²) in [4.78, 5) is 20.2. The molecule has 1 aromatic heterocycles. The van der Waals surface area contributed by atoms with Crippen LogP contribution in [0.4, 0.5) is 26.6 Å². The predicted octanol–water partition coefficient (Wildman–Crippen LogP) is 2.59. The van der Waals surface area contributed by atoms with Crippen LogP contribution in [0.2, 0.25) is 5.02 Å². The van der Waals surface area contributed by atoms with E-state index in [-0.39, 0.29) is 11.0 Å². The first kappa shape index (κ1) is 16.9. The van der Waals surface area contributed by atoms with Gasteiger partial charge in [0.05, 0.1) is 5.02 Å². The minimum Gasteiger partial charge on any atom is -0.369 e. The second-order valence-electron chi connectivity index (χ2n) is 4.64. The van der Waals surface area contributed by atoms with Gasteiger partial charge in [-0.05, 0) is 25.1 Å². The molecule has 9 heteroatoms. The smallest absolute Gasteiger partial charge is 0.326 e. The lowest BCUT2D eigenvalue weighted by atomic mass is 10.3. The Labute approximate surface area is 137 Å². The Hall–Kier alpha value is -2.45. The van der Waals surface area contributed by atoms with E-state index in [1.807, 2.05) is 0 Å². The molecule has 2 rings (SSSR count). The van der Waals surface area contributed by atoms with Crippen LogP contribution in [0.3, 0.4) is 0 Å². The Morgan fingerprint density at radius 1 is 1.30 bits per heavy atom. The van der Waals surface area contributed by atoms with E-state index in [0.29, 0.717) is 30.3 Å². The van der Waals surface area contributed by atoms with E-state index < -0.39 is 11.8 Å². The number of carbonyl (C=O) groups excluding carboxylic acids is 1. The van der Waals surface area contributed by atoms with Gasteiger partial charge in [0.15, 0.2) is 0 Å². The number of amides is 2. The second-order valence-corrected chi connectivity index (χ2v) is 5.05. The number of rotatable bonds is 5. The molecule has 0 bridgehead atoms. The average molecular weight is 339 g/mol. The van der Waals surface area contributed by atoms with Crippen LogP contribution < -0.4 is 21.7 Å². The first-order chi connectivity index (χ1) is 11.0. The maximum absolute atomic E-state index is 13.1. The van der Waals surface area contributed by atoms with Gasteiger partial charge in [0.25, 0.3) is 0 Å². The molecule has 0 aliphatic heterocycles. The molecule has 1 aromatic carbocycles. The van der Waals surface area contributed by atoms with Crippen molar-refractivity contribution in [1.29, 1.82) is 0 Å². The number of nitrogens with two attached hydrogens (primary N) is 1. The van der Waals surface area contributed by atoms with Crippen LogP contribution in [-0.2, 0) is 0 Å². The zero-order valence-corrected chi connectivity index (χ0v) is 13.1. The normalized spacial score (nSPS) is 10.3. The summed E-state index contributed by atoms with van der Waals surface area (Å²) in [5.74, 6) is 0.133. The van der Waals surface area contributed by atoms with Crippen LogP contribution in [-0.4, -0.2) is 29.1 Å². The van der Waals surface area contributed by atoms with Crippen molar-refractivity contribution in [1.82, 2.24) is 9.97 Å². The number of anilines is 3. The van der Waals surface area contributed by atoms with Gasteiger partial charge in [-0.25, -0.2) is 14.2 Å². The van der Waals surface area contributed by atoms with Crippen LogP contribution in [0, 0.1) is 12.7 Å². The third-order valence-corrected chi connectivity index (χ3v) is 3.00. The highest BCUT2D eigenvalue weighted by atomic mass is 35.5. The van der Waals surface area contributed by atoms with Crippen molar-refractivity contribution in [3.05, 3.63) is 40.8 Å². The fraction of sp³-hybridized carbons (Fsp3) is 0.214. The molecule has 0 saturated heterocycles. The number of nitrogens with one attached hydrogen (secondary N) is 3. The maximum atomic E-state index is 13.1. The molecule has 5 N–H and O–H groups in total. The molecule has 2 amide bonds. The summed E-state index contributed by atoms with van der Waals surface area (Å²) in [6, 6.07) is 5.03. The lowest BCUT2D eigenvalue weighted by Crippen LogP contribution is -2.22. The highest BCUT2D eigenvalue weighted by molar-refractivity contribution is 6.31. The molecule has 0 fully saturated rings. The van der Waals surface area contributed by atoms with E-state index in [1.54, 1.807) is 13.0 Å². The third kappa shape index (κ3) is 5.04. The number of halogens is 2. The number of urea groups is 1. The van der Waals surface area contributed by atoms with Gasteiger partial charge in [-0.3, -0.25) is 5.32 Å².